The van der Waals surface area contributed by atoms with Gasteiger partial charge in [-0.3, -0.25) is 0 Å². The predicted molar refractivity (Wildman–Crippen MR) is 99.5 cm³/mol. The van der Waals surface area contributed by atoms with Gasteiger partial charge < -0.3 is 10.1 Å². The van der Waals surface area contributed by atoms with Crippen molar-refractivity contribution in [2.45, 2.75) is 37.6 Å². The summed E-state index contributed by atoms with van der Waals surface area (Å²) in [5, 5.41) is 15.4. The minimum Gasteiger partial charge on any atom is -0.410 e. The molecule has 0 bridgehead atoms. The number of benzene rings is 2. The molecule has 0 saturated heterocycles. The Bertz CT molecular complexity index is 889. The van der Waals surface area contributed by atoms with E-state index in [2.05, 4.69) is 20.8 Å². The lowest BCUT2D eigenvalue weighted by atomic mass is 9.81. The summed E-state index contributed by atoms with van der Waals surface area (Å²) in [6.07, 6.45) is 4.16. The van der Waals surface area contributed by atoms with E-state index in [9.17, 15) is 4.79 Å². The normalized spacial score (nSPS) is 15.9. The second-order valence-electron chi connectivity index (χ2n) is 6.72. The summed E-state index contributed by atoms with van der Waals surface area (Å²) in [4.78, 5) is 12.6. The van der Waals surface area contributed by atoms with Crippen molar-refractivity contribution in [3.8, 4) is 11.4 Å². The van der Waals surface area contributed by atoms with Crippen molar-refractivity contribution in [1.82, 2.24) is 25.5 Å². The molecule has 1 N–H and O–H groups in total. The highest BCUT2D eigenvalue weighted by Gasteiger charge is 2.41. The molecule has 0 spiro atoms. The van der Waals surface area contributed by atoms with Gasteiger partial charge in [-0.25, -0.2) is 4.79 Å². The molecular formula is C20H21N5O2. The van der Waals surface area contributed by atoms with Gasteiger partial charge in [0, 0.05) is 0 Å². The van der Waals surface area contributed by atoms with Crippen molar-refractivity contribution in [2.24, 2.45) is 0 Å². The van der Waals surface area contributed by atoms with Gasteiger partial charge in [-0.15, -0.1) is 5.10 Å². The molecule has 0 radical (unpaired) electrons. The van der Waals surface area contributed by atoms with Crippen molar-refractivity contribution < 1.29 is 9.53 Å². The van der Waals surface area contributed by atoms with E-state index in [0.717, 1.165) is 37.8 Å². The van der Waals surface area contributed by atoms with Crippen LogP contribution in [0.5, 0.6) is 5.75 Å². The Morgan fingerprint density at radius 1 is 0.963 bits per heavy atom. The summed E-state index contributed by atoms with van der Waals surface area (Å²) in [6.45, 7) is 0. The first-order chi connectivity index (χ1) is 13.3. The van der Waals surface area contributed by atoms with Crippen molar-refractivity contribution >= 4 is 6.09 Å². The highest BCUT2D eigenvalue weighted by atomic mass is 16.6. The number of aromatic nitrogens is 4. The van der Waals surface area contributed by atoms with Gasteiger partial charge in [-0.2, -0.15) is 4.68 Å². The first-order valence-electron chi connectivity index (χ1n) is 9.16. The molecule has 1 fully saturated rings. The Labute approximate surface area is 157 Å². The Balaban J connectivity index is 1.64. The summed E-state index contributed by atoms with van der Waals surface area (Å²) in [6, 6.07) is 18.7. The van der Waals surface area contributed by atoms with Crippen LogP contribution in [0.4, 0.5) is 4.79 Å². The largest absolute Gasteiger partial charge is 0.413 e. The topological polar surface area (TPSA) is 81.9 Å². The molecule has 0 unspecified atom stereocenters. The standard InChI is InChI=1S/C20H21N5O2/c26-19(27-17-12-6-2-7-13-17)21-20(14-8-3-9-15-20)18-22-23-24-25(18)16-10-4-1-5-11-16/h1-2,4-7,10-13H,3,8-9,14-15H2,(H,21,26). The Morgan fingerprint density at radius 2 is 1.63 bits per heavy atom. The zero-order valence-electron chi connectivity index (χ0n) is 14.9. The molecule has 1 saturated carbocycles. The van der Waals surface area contributed by atoms with Gasteiger partial charge in [0.25, 0.3) is 0 Å². The molecule has 4 rings (SSSR count). The fourth-order valence-electron chi connectivity index (χ4n) is 3.60. The summed E-state index contributed by atoms with van der Waals surface area (Å²) >= 11 is 0. The molecule has 0 atom stereocenters. The predicted octanol–water partition coefficient (Wildman–Crippen LogP) is 3.61. The molecule has 1 aliphatic rings. The number of carbonyl (C=O) groups is 1. The van der Waals surface area contributed by atoms with Crippen LogP contribution in [0, 0.1) is 0 Å². The monoisotopic (exact) mass is 363 g/mol. The number of tetrazole rings is 1. The minimum atomic E-state index is -0.649. The molecule has 3 aromatic rings. The third kappa shape index (κ3) is 3.67. The van der Waals surface area contributed by atoms with Crippen LogP contribution in [-0.2, 0) is 5.54 Å². The van der Waals surface area contributed by atoms with Crippen LogP contribution in [0.25, 0.3) is 5.69 Å². The quantitative estimate of drug-likeness (QED) is 0.766. The van der Waals surface area contributed by atoms with E-state index in [1.807, 2.05) is 48.5 Å². The van der Waals surface area contributed by atoms with E-state index >= 15 is 0 Å². The van der Waals surface area contributed by atoms with Gasteiger partial charge in [0.2, 0.25) is 0 Å². The molecule has 138 valence electrons. The fourth-order valence-corrected chi connectivity index (χ4v) is 3.60. The SMILES string of the molecule is O=C(NC1(c2nnnn2-c2ccccc2)CCCCC1)Oc1ccccc1. The van der Waals surface area contributed by atoms with E-state index in [-0.39, 0.29) is 0 Å². The van der Waals surface area contributed by atoms with Crippen molar-refractivity contribution in [3.05, 3.63) is 66.5 Å². The molecule has 1 aliphatic carbocycles. The van der Waals surface area contributed by atoms with Crippen LogP contribution in [0.15, 0.2) is 60.7 Å². The maximum atomic E-state index is 12.6. The van der Waals surface area contributed by atoms with Gasteiger partial charge >= 0.3 is 6.09 Å². The van der Waals surface area contributed by atoms with Crippen molar-refractivity contribution in [1.29, 1.82) is 0 Å². The molecule has 0 aliphatic heterocycles. The fraction of sp³-hybridized carbons (Fsp3) is 0.300. The van der Waals surface area contributed by atoms with Crippen LogP contribution >= 0.6 is 0 Å². The second-order valence-corrected chi connectivity index (χ2v) is 6.72. The lowest BCUT2D eigenvalue weighted by Gasteiger charge is -2.36. The Morgan fingerprint density at radius 3 is 2.33 bits per heavy atom. The van der Waals surface area contributed by atoms with Crippen LogP contribution in [0.1, 0.15) is 37.9 Å². The number of carbonyl (C=O) groups excluding carboxylic acids is 1. The maximum Gasteiger partial charge on any atom is 0.413 e. The van der Waals surface area contributed by atoms with Crippen molar-refractivity contribution in [2.75, 3.05) is 0 Å². The number of ether oxygens (including phenoxy) is 1. The molecule has 2 aromatic carbocycles. The maximum absolute atomic E-state index is 12.6. The van der Waals surface area contributed by atoms with Crippen LogP contribution in [0.3, 0.4) is 0 Å². The number of hydrogen-bond donors (Lipinski definition) is 1. The van der Waals surface area contributed by atoms with Crippen LogP contribution in [-0.4, -0.2) is 26.3 Å². The van der Waals surface area contributed by atoms with Gasteiger partial charge in [-0.1, -0.05) is 55.7 Å². The third-order valence-corrected chi connectivity index (χ3v) is 4.90. The Hall–Kier alpha value is -3.22. The number of nitrogens with zero attached hydrogens (tertiary/aromatic N) is 4. The molecule has 7 heteroatoms. The van der Waals surface area contributed by atoms with Crippen molar-refractivity contribution in [3.63, 3.8) is 0 Å². The molecule has 1 amide bonds. The summed E-state index contributed by atoms with van der Waals surface area (Å²) in [7, 11) is 0. The van der Waals surface area contributed by atoms with Gasteiger partial charge in [0.1, 0.15) is 11.3 Å². The van der Waals surface area contributed by atoms with E-state index < -0.39 is 11.6 Å². The van der Waals surface area contributed by atoms with Crippen LogP contribution in [0.2, 0.25) is 0 Å². The number of rotatable bonds is 4. The number of hydrogen-bond acceptors (Lipinski definition) is 5. The molecular weight excluding hydrogens is 342 g/mol. The summed E-state index contributed by atoms with van der Waals surface area (Å²) < 4.78 is 7.16. The van der Waals surface area contributed by atoms with Gasteiger partial charge in [-0.05, 0) is 47.5 Å². The average Bonchev–Trinajstić information content (AvgIpc) is 3.21. The molecule has 27 heavy (non-hydrogen) atoms. The lowest BCUT2D eigenvalue weighted by molar-refractivity contribution is 0.162. The van der Waals surface area contributed by atoms with E-state index in [4.69, 9.17) is 4.74 Å². The van der Waals surface area contributed by atoms with E-state index in [0.29, 0.717) is 11.6 Å². The number of para-hydroxylation sites is 2. The van der Waals surface area contributed by atoms with Gasteiger partial charge in [0.05, 0.1) is 5.69 Å². The second kappa shape index (κ2) is 7.57. The first kappa shape index (κ1) is 17.2. The number of nitrogens with one attached hydrogen (secondary N) is 1. The summed E-state index contributed by atoms with van der Waals surface area (Å²) in [5.74, 6) is 1.14. The molecule has 1 heterocycles. The highest BCUT2D eigenvalue weighted by Crippen LogP contribution is 2.36. The lowest BCUT2D eigenvalue weighted by Crippen LogP contribution is -2.50. The molecule has 1 aromatic heterocycles. The average molecular weight is 363 g/mol. The third-order valence-electron chi connectivity index (χ3n) is 4.90. The first-order valence-corrected chi connectivity index (χ1v) is 9.16. The Kier molecular flexibility index (Phi) is 4.82. The van der Waals surface area contributed by atoms with E-state index in [1.165, 1.54) is 0 Å². The van der Waals surface area contributed by atoms with Gasteiger partial charge in [0.15, 0.2) is 5.82 Å². The smallest absolute Gasteiger partial charge is 0.410 e. The highest BCUT2D eigenvalue weighted by molar-refractivity contribution is 5.71. The number of amides is 1. The minimum absolute atomic E-state index is 0.495. The zero-order chi connectivity index (χ0) is 18.5. The van der Waals surface area contributed by atoms with Crippen LogP contribution < -0.4 is 10.1 Å². The van der Waals surface area contributed by atoms with E-state index in [1.54, 1.807) is 16.8 Å². The molecule has 7 nitrogen and oxygen atoms in total. The summed E-state index contributed by atoms with van der Waals surface area (Å²) in [5.41, 5.74) is 0.212. The zero-order valence-corrected chi connectivity index (χ0v) is 14.9.